The summed E-state index contributed by atoms with van der Waals surface area (Å²) in [6.45, 7) is 7.12. The van der Waals surface area contributed by atoms with Gasteiger partial charge in [0.2, 0.25) is 0 Å². The molecule has 4 nitrogen and oxygen atoms in total. The zero-order chi connectivity index (χ0) is 10.6. The quantitative estimate of drug-likeness (QED) is 0.520. The molecule has 82 valence electrons. The van der Waals surface area contributed by atoms with Crippen molar-refractivity contribution in [3.05, 3.63) is 0 Å². The fourth-order valence-electron chi connectivity index (χ4n) is 1.76. The number of morpholine rings is 1. The number of amidine groups is 1. The van der Waals surface area contributed by atoms with Crippen LogP contribution in [0.5, 0.6) is 0 Å². The summed E-state index contributed by atoms with van der Waals surface area (Å²) < 4.78 is 5.54. The molecule has 0 aromatic rings. The molecule has 1 saturated heterocycles. The highest BCUT2D eigenvalue weighted by atomic mass is 16.5. The second kappa shape index (κ2) is 5.32. The third kappa shape index (κ3) is 3.64. The number of ether oxygens (including phenoxy) is 1. The maximum Gasteiger partial charge on any atom is 0.0905 e. The molecule has 0 amide bonds. The Hall–Kier alpha value is -0.610. The largest absolute Gasteiger partial charge is 0.388 e. The number of rotatable bonds is 4. The average molecular weight is 199 g/mol. The lowest BCUT2D eigenvalue weighted by molar-refractivity contribution is -0.0493. The van der Waals surface area contributed by atoms with Crippen LogP contribution in [-0.4, -0.2) is 42.6 Å². The van der Waals surface area contributed by atoms with E-state index in [4.69, 9.17) is 15.9 Å². The number of nitrogens with zero attached hydrogens (tertiary/aromatic N) is 1. The van der Waals surface area contributed by atoms with Crippen LogP contribution in [0, 0.1) is 5.41 Å². The van der Waals surface area contributed by atoms with E-state index in [1.807, 2.05) is 0 Å². The second-order valence-corrected chi connectivity index (χ2v) is 4.12. The van der Waals surface area contributed by atoms with Gasteiger partial charge in [-0.2, -0.15) is 0 Å². The predicted molar refractivity (Wildman–Crippen MR) is 57.6 cm³/mol. The number of hydrogen-bond donors (Lipinski definition) is 2. The summed E-state index contributed by atoms with van der Waals surface area (Å²) in [7, 11) is 0. The zero-order valence-corrected chi connectivity index (χ0v) is 9.12. The van der Waals surface area contributed by atoms with Crippen molar-refractivity contribution in [2.75, 3.05) is 19.7 Å². The van der Waals surface area contributed by atoms with Crippen molar-refractivity contribution in [1.82, 2.24) is 4.90 Å². The summed E-state index contributed by atoms with van der Waals surface area (Å²) in [5, 5.41) is 7.14. The van der Waals surface area contributed by atoms with Crippen LogP contribution in [0.4, 0.5) is 0 Å². The molecule has 14 heavy (non-hydrogen) atoms. The molecule has 0 saturated carbocycles. The molecular formula is C10H21N3O. The van der Waals surface area contributed by atoms with Gasteiger partial charge in [0.1, 0.15) is 0 Å². The highest BCUT2D eigenvalue weighted by molar-refractivity contribution is 5.76. The molecule has 4 heteroatoms. The monoisotopic (exact) mass is 199 g/mol. The Balaban J connectivity index is 2.24. The van der Waals surface area contributed by atoms with Gasteiger partial charge in [0, 0.05) is 19.0 Å². The van der Waals surface area contributed by atoms with Crippen LogP contribution in [0.3, 0.4) is 0 Å². The Kier molecular flexibility index (Phi) is 4.35. The Morgan fingerprint density at radius 3 is 2.93 bits per heavy atom. The molecule has 0 radical (unpaired) electrons. The Bertz CT molecular complexity index is 196. The topological polar surface area (TPSA) is 62.3 Å². The van der Waals surface area contributed by atoms with E-state index in [0.717, 1.165) is 26.1 Å². The van der Waals surface area contributed by atoms with E-state index < -0.39 is 0 Å². The lowest BCUT2D eigenvalue weighted by Gasteiger charge is -2.36. The lowest BCUT2D eigenvalue weighted by atomic mass is 10.2. The highest BCUT2D eigenvalue weighted by Gasteiger charge is 2.22. The summed E-state index contributed by atoms with van der Waals surface area (Å²) in [6.07, 6.45) is 2.02. The van der Waals surface area contributed by atoms with Crippen molar-refractivity contribution in [2.45, 2.75) is 38.8 Å². The Labute approximate surface area is 85.9 Å². The summed E-state index contributed by atoms with van der Waals surface area (Å²) in [5.41, 5.74) is 5.31. The number of hydrogen-bond acceptors (Lipinski definition) is 3. The van der Waals surface area contributed by atoms with E-state index in [2.05, 4.69) is 18.7 Å². The number of nitrogens with two attached hydrogens (primary N) is 1. The SMILES string of the molecule is CC1CN(CCCC(=N)N)C(C)CO1. The van der Waals surface area contributed by atoms with E-state index in [1.165, 1.54) is 0 Å². The molecule has 0 aromatic carbocycles. The third-order valence-corrected chi connectivity index (χ3v) is 2.63. The maximum absolute atomic E-state index is 7.14. The van der Waals surface area contributed by atoms with Gasteiger partial charge < -0.3 is 10.5 Å². The first-order valence-corrected chi connectivity index (χ1v) is 5.28. The number of nitrogens with one attached hydrogen (secondary N) is 1. The Morgan fingerprint density at radius 1 is 1.57 bits per heavy atom. The van der Waals surface area contributed by atoms with Crippen molar-refractivity contribution in [3.63, 3.8) is 0 Å². The lowest BCUT2D eigenvalue weighted by Crippen LogP contribution is -2.47. The van der Waals surface area contributed by atoms with Crippen molar-refractivity contribution in [3.8, 4) is 0 Å². The van der Waals surface area contributed by atoms with Gasteiger partial charge in [-0.05, 0) is 26.8 Å². The van der Waals surface area contributed by atoms with E-state index in [0.29, 0.717) is 24.4 Å². The molecule has 2 unspecified atom stereocenters. The first-order chi connectivity index (χ1) is 6.59. The molecule has 1 aliphatic rings. The van der Waals surface area contributed by atoms with Crippen molar-refractivity contribution < 1.29 is 4.74 Å². The molecule has 1 heterocycles. The van der Waals surface area contributed by atoms with Gasteiger partial charge in [0.25, 0.3) is 0 Å². The van der Waals surface area contributed by atoms with Crippen molar-refractivity contribution in [1.29, 1.82) is 5.41 Å². The maximum atomic E-state index is 7.14. The second-order valence-electron chi connectivity index (χ2n) is 4.12. The fourth-order valence-corrected chi connectivity index (χ4v) is 1.76. The minimum Gasteiger partial charge on any atom is -0.388 e. The zero-order valence-electron chi connectivity index (χ0n) is 9.12. The van der Waals surface area contributed by atoms with Crippen LogP contribution >= 0.6 is 0 Å². The molecule has 1 rings (SSSR count). The van der Waals surface area contributed by atoms with Crippen LogP contribution in [0.1, 0.15) is 26.7 Å². The van der Waals surface area contributed by atoms with E-state index in [-0.39, 0.29) is 0 Å². The van der Waals surface area contributed by atoms with Crippen LogP contribution in [0.15, 0.2) is 0 Å². The first-order valence-electron chi connectivity index (χ1n) is 5.28. The molecule has 0 spiro atoms. The standard InChI is InChI=1S/C10H21N3O/c1-8-7-14-9(2)6-13(8)5-3-4-10(11)12/h8-9H,3-7H2,1-2H3,(H3,11,12). The highest BCUT2D eigenvalue weighted by Crippen LogP contribution is 2.11. The summed E-state index contributed by atoms with van der Waals surface area (Å²) >= 11 is 0. The minimum absolute atomic E-state index is 0.291. The van der Waals surface area contributed by atoms with Gasteiger partial charge in [-0.3, -0.25) is 10.3 Å². The van der Waals surface area contributed by atoms with Crippen molar-refractivity contribution in [2.24, 2.45) is 5.73 Å². The molecule has 3 N–H and O–H groups in total. The van der Waals surface area contributed by atoms with Gasteiger partial charge >= 0.3 is 0 Å². The molecule has 0 aromatic heterocycles. The van der Waals surface area contributed by atoms with Crippen LogP contribution < -0.4 is 5.73 Å². The Morgan fingerprint density at radius 2 is 2.29 bits per heavy atom. The molecule has 1 aliphatic heterocycles. The molecular weight excluding hydrogens is 178 g/mol. The summed E-state index contributed by atoms with van der Waals surface area (Å²) in [6, 6.07) is 0.498. The van der Waals surface area contributed by atoms with Crippen LogP contribution in [-0.2, 0) is 4.74 Å². The van der Waals surface area contributed by atoms with Crippen molar-refractivity contribution >= 4 is 5.84 Å². The normalized spacial score (nSPS) is 29.0. The fraction of sp³-hybridized carbons (Fsp3) is 0.900. The predicted octanol–water partition coefficient (Wildman–Crippen LogP) is 0.812. The van der Waals surface area contributed by atoms with E-state index >= 15 is 0 Å². The first kappa shape index (κ1) is 11.5. The summed E-state index contributed by atoms with van der Waals surface area (Å²) in [4.78, 5) is 2.41. The molecule has 2 atom stereocenters. The van der Waals surface area contributed by atoms with Crippen LogP contribution in [0.25, 0.3) is 0 Å². The van der Waals surface area contributed by atoms with Gasteiger partial charge in [-0.25, -0.2) is 0 Å². The molecule has 0 bridgehead atoms. The smallest absolute Gasteiger partial charge is 0.0905 e. The van der Waals surface area contributed by atoms with Gasteiger partial charge in [0.05, 0.1) is 18.5 Å². The summed E-state index contributed by atoms with van der Waals surface area (Å²) in [5.74, 6) is 0.291. The van der Waals surface area contributed by atoms with E-state index in [9.17, 15) is 0 Å². The van der Waals surface area contributed by atoms with Gasteiger partial charge in [-0.15, -0.1) is 0 Å². The van der Waals surface area contributed by atoms with Gasteiger partial charge in [-0.1, -0.05) is 0 Å². The van der Waals surface area contributed by atoms with E-state index in [1.54, 1.807) is 0 Å². The van der Waals surface area contributed by atoms with Gasteiger partial charge in [0.15, 0.2) is 0 Å². The molecule has 1 fully saturated rings. The third-order valence-electron chi connectivity index (χ3n) is 2.63. The average Bonchev–Trinajstić information content (AvgIpc) is 2.10. The van der Waals surface area contributed by atoms with Crippen LogP contribution in [0.2, 0.25) is 0 Å². The minimum atomic E-state index is 0.291. The molecule has 0 aliphatic carbocycles.